The van der Waals surface area contributed by atoms with E-state index in [1.165, 1.54) is 0 Å². The third-order valence-electron chi connectivity index (χ3n) is 4.18. The van der Waals surface area contributed by atoms with E-state index in [9.17, 15) is 18.0 Å². The summed E-state index contributed by atoms with van der Waals surface area (Å²) in [6.07, 6.45) is 1.49. The normalized spacial score (nSPS) is 13.8. The van der Waals surface area contributed by atoms with Crippen molar-refractivity contribution in [2.45, 2.75) is 30.7 Å². The van der Waals surface area contributed by atoms with E-state index in [1.807, 2.05) is 19.1 Å². The van der Waals surface area contributed by atoms with Crippen LogP contribution >= 0.6 is 23.2 Å². The molecule has 2 aromatic rings. The number of para-hydroxylation sites is 1. The maximum Gasteiger partial charge on any atom is 0.340 e. The molecule has 2 aromatic carbocycles. The van der Waals surface area contributed by atoms with Crippen molar-refractivity contribution in [3.05, 3.63) is 57.6 Å². The molecule has 1 fully saturated rings. The highest BCUT2D eigenvalue weighted by Gasteiger charge is 2.30. The third kappa shape index (κ3) is 5.48. The average Bonchev–Trinajstić information content (AvgIpc) is 3.44. The highest BCUT2D eigenvalue weighted by atomic mass is 35.5. The lowest BCUT2D eigenvalue weighted by molar-refractivity contribution is -0.119. The highest BCUT2D eigenvalue weighted by Crippen LogP contribution is 2.31. The Morgan fingerprint density at radius 1 is 1.14 bits per heavy atom. The lowest BCUT2D eigenvalue weighted by atomic mass is 10.2. The van der Waals surface area contributed by atoms with Gasteiger partial charge in [0.25, 0.3) is 5.91 Å². The summed E-state index contributed by atoms with van der Waals surface area (Å²) in [5.41, 5.74) is 1.25. The van der Waals surface area contributed by atoms with Gasteiger partial charge in [-0.15, -0.1) is 0 Å². The van der Waals surface area contributed by atoms with E-state index in [0.717, 1.165) is 30.5 Å². The number of hydrogen-bond acceptors (Lipinski definition) is 5. The lowest BCUT2D eigenvalue weighted by Crippen LogP contribution is -2.26. The molecular weight excluding hydrogens is 439 g/mol. The summed E-state index contributed by atoms with van der Waals surface area (Å²) >= 11 is 12.0. The number of anilines is 1. The second-order valence-corrected chi connectivity index (χ2v) is 9.09. The van der Waals surface area contributed by atoms with E-state index < -0.39 is 28.5 Å². The standard InChI is InChI=1S/C19H18Cl2N2O5S/c1-11-4-2-3-5-16(11)22-18(24)10-28-19(25)13-8-17(15(21)9-14(13)20)29(26,27)23-12-6-7-12/h2-5,8-9,12,23H,6-7,10H2,1H3,(H,22,24). The minimum Gasteiger partial charge on any atom is -0.452 e. The molecule has 0 spiro atoms. The number of sulfonamides is 1. The van der Waals surface area contributed by atoms with Crippen LogP contribution in [0, 0.1) is 6.92 Å². The first-order valence-electron chi connectivity index (χ1n) is 8.71. The van der Waals surface area contributed by atoms with Crippen molar-refractivity contribution in [1.29, 1.82) is 0 Å². The van der Waals surface area contributed by atoms with Gasteiger partial charge < -0.3 is 10.1 Å². The van der Waals surface area contributed by atoms with Crippen LogP contribution in [-0.4, -0.2) is 32.9 Å². The molecule has 1 aliphatic carbocycles. The first-order chi connectivity index (χ1) is 13.7. The van der Waals surface area contributed by atoms with Gasteiger partial charge in [0.15, 0.2) is 6.61 Å². The minimum atomic E-state index is -3.90. The van der Waals surface area contributed by atoms with Crippen LogP contribution in [0.25, 0.3) is 0 Å². The van der Waals surface area contributed by atoms with Crippen LogP contribution in [0.2, 0.25) is 10.0 Å². The van der Waals surface area contributed by atoms with Crippen molar-refractivity contribution in [2.75, 3.05) is 11.9 Å². The number of carbonyl (C=O) groups excluding carboxylic acids is 2. The Bertz CT molecular complexity index is 1070. The smallest absolute Gasteiger partial charge is 0.340 e. The monoisotopic (exact) mass is 456 g/mol. The molecule has 0 unspecified atom stereocenters. The SMILES string of the molecule is Cc1ccccc1NC(=O)COC(=O)c1cc(S(=O)(=O)NC2CC2)c(Cl)cc1Cl. The van der Waals surface area contributed by atoms with Gasteiger partial charge in [-0.1, -0.05) is 41.4 Å². The van der Waals surface area contributed by atoms with Crippen molar-refractivity contribution in [1.82, 2.24) is 4.72 Å². The first kappa shape index (κ1) is 21.6. The molecule has 0 aromatic heterocycles. The highest BCUT2D eigenvalue weighted by molar-refractivity contribution is 7.89. The van der Waals surface area contributed by atoms with Gasteiger partial charge in [-0.25, -0.2) is 17.9 Å². The largest absolute Gasteiger partial charge is 0.452 e. The molecule has 29 heavy (non-hydrogen) atoms. The summed E-state index contributed by atoms with van der Waals surface area (Å²) in [6, 6.07) is 9.22. The summed E-state index contributed by atoms with van der Waals surface area (Å²) in [6.45, 7) is 1.27. The summed E-state index contributed by atoms with van der Waals surface area (Å²) in [5, 5.41) is 2.44. The zero-order chi connectivity index (χ0) is 21.2. The molecule has 0 aliphatic heterocycles. The molecule has 0 saturated heterocycles. The van der Waals surface area contributed by atoms with Crippen molar-refractivity contribution in [2.24, 2.45) is 0 Å². The van der Waals surface area contributed by atoms with Gasteiger partial charge in [-0.2, -0.15) is 0 Å². The van der Waals surface area contributed by atoms with Crippen LogP contribution in [-0.2, 0) is 19.6 Å². The van der Waals surface area contributed by atoms with E-state index in [1.54, 1.807) is 12.1 Å². The number of nitrogens with one attached hydrogen (secondary N) is 2. The third-order valence-corrected chi connectivity index (χ3v) is 6.48. The van der Waals surface area contributed by atoms with Crippen molar-refractivity contribution < 1.29 is 22.7 Å². The summed E-state index contributed by atoms with van der Waals surface area (Å²) < 4.78 is 32.3. The van der Waals surface area contributed by atoms with Crippen molar-refractivity contribution in [3.8, 4) is 0 Å². The van der Waals surface area contributed by atoms with Crippen LogP contribution in [0.4, 0.5) is 5.69 Å². The molecule has 1 saturated carbocycles. The molecule has 154 valence electrons. The number of hydrogen-bond donors (Lipinski definition) is 2. The van der Waals surface area contributed by atoms with Gasteiger partial charge in [-0.3, -0.25) is 4.79 Å². The molecule has 2 N–H and O–H groups in total. The Balaban J connectivity index is 1.71. The second-order valence-electron chi connectivity index (χ2n) is 6.60. The first-order valence-corrected chi connectivity index (χ1v) is 11.0. The quantitative estimate of drug-likeness (QED) is 0.620. The molecule has 0 heterocycles. The number of amides is 1. The fourth-order valence-corrected chi connectivity index (χ4v) is 4.64. The summed E-state index contributed by atoms with van der Waals surface area (Å²) in [5.74, 6) is -1.48. The minimum absolute atomic E-state index is 0.0790. The van der Waals surface area contributed by atoms with E-state index in [4.69, 9.17) is 27.9 Å². The van der Waals surface area contributed by atoms with Gasteiger partial charge in [-0.05, 0) is 43.5 Å². The molecule has 3 rings (SSSR count). The van der Waals surface area contributed by atoms with Crippen molar-refractivity contribution >= 4 is 50.8 Å². The van der Waals surface area contributed by atoms with E-state index >= 15 is 0 Å². The maximum absolute atomic E-state index is 12.4. The van der Waals surface area contributed by atoms with Crippen LogP contribution in [0.5, 0.6) is 0 Å². The van der Waals surface area contributed by atoms with Crippen LogP contribution in [0.15, 0.2) is 41.3 Å². The zero-order valence-corrected chi connectivity index (χ0v) is 17.7. The fourth-order valence-electron chi connectivity index (χ4n) is 2.48. The molecule has 0 atom stereocenters. The van der Waals surface area contributed by atoms with Gasteiger partial charge in [0.2, 0.25) is 10.0 Å². The summed E-state index contributed by atoms with van der Waals surface area (Å²) in [7, 11) is -3.90. The predicted octanol–water partition coefficient (Wildman–Crippen LogP) is 3.54. The number of halogens is 2. The number of ether oxygens (including phenoxy) is 1. The van der Waals surface area contributed by atoms with Gasteiger partial charge in [0.05, 0.1) is 15.6 Å². The van der Waals surface area contributed by atoms with Gasteiger partial charge in [0.1, 0.15) is 4.90 Å². The second kappa shape index (κ2) is 8.71. The number of esters is 1. The topological polar surface area (TPSA) is 102 Å². The van der Waals surface area contributed by atoms with Gasteiger partial charge in [0, 0.05) is 11.7 Å². The van der Waals surface area contributed by atoms with E-state index in [2.05, 4.69) is 10.0 Å². The number of rotatable bonds is 7. The fraction of sp³-hybridized carbons (Fsp3) is 0.263. The average molecular weight is 457 g/mol. The van der Waals surface area contributed by atoms with E-state index in [-0.39, 0.29) is 26.5 Å². The Labute approximate surface area is 178 Å². The molecule has 0 radical (unpaired) electrons. The molecule has 0 bridgehead atoms. The Morgan fingerprint density at radius 3 is 2.48 bits per heavy atom. The molecular formula is C19H18Cl2N2O5S. The summed E-state index contributed by atoms with van der Waals surface area (Å²) in [4.78, 5) is 24.1. The molecule has 10 heteroatoms. The number of carbonyl (C=O) groups is 2. The Morgan fingerprint density at radius 2 is 1.83 bits per heavy atom. The Hall–Kier alpha value is -2.13. The number of aryl methyl sites for hydroxylation is 1. The van der Waals surface area contributed by atoms with Gasteiger partial charge >= 0.3 is 5.97 Å². The maximum atomic E-state index is 12.4. The van der Waals surface area contributed by atoms with Crippen LogP contribution in [0.3, 0.4) is 0 Å². The predicted molar refractivity (Wildman–Crippen MR) is 110 cm³/mol. The van der Waals surface area contributed by atoms with Crippen molar-refractivity contribution in [3.63, 3.8) is 0 Å². The van der Waals surface area contributed by atoms with Crippen LogP contribution in [0.1, 0.15) is 28.8 Å². The van der Waals surface area contributed by atoms with Crippen LogP contribution < -0.4 is 10.0 Å². The number of benzene rings is 2. The molecule has 1 amide bonds. The lowest BCUT2D eigenvalue weighted by Gasteiger charge is -2.12. The van der Waals surface area contributed by atoms with E-state index in [0.29, 0.717) is 5.69 Å². The molecule has 1 aliphatic rings. The molecule has 7 nitrogen and oxygen atoms in total. The zero-order valence-electron chi connectivity index (χ0n) is 15.4. The Kier molecular flexibility index (Phi) is 6.48.